The number of sulfonamides is 1. The lowest BCUT2D eigenvalue weighted by molar-refractivity contribution is -0.00189. The molecular formula is C19H19N3O5S2. The molecule has 1 amide bonds. The molecule has 0 bridgehead atoms. The van der Waals surface area contributed by atoms with Crippen LogP contribution in [0.1, 0.15) is 21.3 Å². The number of thiophene rings is 1. The molecular weight excluding hydrogens is 414 g/mol. The SMILES string of the molecule is COc1cccc(S(=O)(=O)N2CCO[C@@H](c3c(C(N)=O)sc4ncccc34)C2)c1. The summed E-state index contributed by atoms with van der Waals surface area (Å²) in [4.78, 5) is 17.4. The molecule has 1 aliphatic rings. The number of carbonyl (C=O) groups is 1. The predicted molar refractivity (Wildman–Crippen MR) is 109 cm³/mol. The van der Waals surface area contributed by atoms with Gasteiger partial charge in [0, 0.05) is 36.3 Å². The number of benzene rings is 1. The molecule has 2 aromatic heterocycles. The van der Waals surface area contributed by atoms with Gasteiger partial charge in [0.15, 0.2) is 0 Å². The highest BCUT2D eigenvalue weighted by Crippen LogP contribution is 2.38. The second-order valence-corrected chi connectivity index (χ2v) is 9.40. The number of carbonyl (C=O) groups excluding carboxylic acids is 1. The standard InChI is InChI=1S/C19H19N3O5S2/c1-26-12-4-2-5-13(10-12)29(24,25)22-8-9-27-15(11-22)16-14-6-3-7-21-19(14)28-17(16)18(20)23/h2-7,10,15H,8-9,11H2,1H3,(H2,20,23)/t15-/m1/s1. The van der Waals surface area contributed by atoms with Crippen LogP contribution in [0.15, 0.2) is 47.5 Å². The van der Waals surface area contributed by atoms with Crippen molar-refractivity contribution in [2.75, 3.05) is 26.8 Å². The Morgan fingerprint density at radius 1 is 1.34 bits per heavy atom. The molecule has 8 nitrogen and oxygen atoms in total. The van der Waals surface area contributed by atoms with E-state index in [4.69, 9.17) is 15.2 Å². The molecule has 3 aromatic rings. The lowest BCUT2D eigenvalue weighted by Crippen LogP contribution is -2.42. The number of primary amides is 1. The predicted octanol–water partition coefficient (Wildman–Crippen LogP) is 2.17. The van der Waals surface area contributed by atoms with Gasteiger partial charge in [-0.15, -0.1) is 11.3 Å². The molecule has 10 heteroatoms. The van der Waals surface area contributed by atoms with Gasteiger partial charge in [-0.25, -0.2) is 13.4 Å². The van der Waals surface area contributed by atoms with Crippen LogP contribution in [-0.2, 0) is 14.8 Å². The first-order valence-corrected chi connectivity index (χ1v) is 11.1. The molecule has 1 fully saturated rings. The van der Waals surface area contributed by atoms with E-state index >= 15 is 0 Å². The van der Waals surface area contributed by atoms with Crippen LogP contribution in [0.2, 0.25) is 0 Å². The van der Waals surface area contributed by atoms with Crippen molar-refractivity contribution in [3.8, 4) is 5.75 Å². The van der Waals surface area contributed by atoms with Crippen molar-refractivity contribution in [3.05, 3.63) is 53.0 Å². The molecule has 1 aliphatic heterocycles. The molecule has 0 aliphatic carbocycles. The Morgan fingerprint density at radius 3 is 2.93 bits per heavy atom. The van der Waals surface area contributed by atoms with Crippen molar-refractivity contribution in [3.63, 3.8) is 0 Å². The number of pyridine rings is 1. The number of morpholine rings is 1. The molecule has 152 valence electrons. The minimum atomic E-state index is -3.76. The molecule has 2 N–H and O–H groups in total. The summed E-state index contributed by atoms with van der Waals surface area (Å²) in [6, 6.07) is 9.92. The molecule has 0 unspecified atom stereocenters. The topological polar surface area (TPSA) is 112 Å². The van der Waals surface area contributed by atoms with Gasteiger partial charge in [-0.3, -0.25) is 4.79 Å². The number of amides is 1. The summed E-state index contributed by atoms with van der Waals surface area (Å²) in [6.07, 6.45) is 1.01. The average molecular weight is 434 g/mol. The van der Waals surface area contributed by atoms with Crippen LogP contribution in [0, 0.1) is 0 Å². The summed E-state index contributed by atoms with van der Waals surface area (Å²) in [5.41, 5.74) is 6.16. The number of nitrogens with zero attached hydrogens (tertiary/aromatic N) is 2. The Kier molecular flexibility index (Phi) is 5.26. The van der Waals surface area contributed by atoms with Crippen molar-refractivity contribution in [2.24, 2.45) is 5.73 Å². The number of methoxy groups -OCH3 is 1. The number of fused-ring (bicyclic) bond motifs is 1. The highest BCUT2D eigenvalue weighted by atomic mass is 32.2. The number of ether oxygens (including phenoxy) is 2. The number of aromatic nitrogens is 1. The third-order valence-corrected chi connectivity index (χ3v) is 7.76. The number of nitrogens with two attached hydrogens (primary N) is 1. The summed E-state index contributed by atoms with van der Waals surface area (Å²) < 4.78 is 38.7. The van der Waals surface area contributed by atoms with Gasteiger partial charge in [-0.05, 0) is 18.2 Å². The zero-order valence-electron chi connectivity index (χ0n) is 15.6. The molecule has 0 spiro atoms. The summed E-state index contributed by atoms with van der Waals surface area (Å²) in [5.74, 6) is -0.124. The van der Waals surface area contributed by atoms with E-state index in [-0.39, 0.29) is 24.6 Å². The van der Waals surface area contributed by atoms with Gasteiger partial charge in [-0.1, -0.05) is 12.1 Å². The van der Waals surface area contributed by atoms with Gasteiger partial charge in [0.05, 0.1) is 24.7 Å². The molecule has 1 saturated heterocycles. The Hall–Kier alpha value is -2.53. The van der Waals surface area contributed by atoms with Crippen LogP contribution in [-0.4, -0.2) is 50.4 Å². The monoisotopic (exact) mass is 433 g/mol. The average Bonchev–Trinajstić information content (AvgIpc) is 3.14. The van der Waals surface area contributed by atoms with Gasteiger partial charge in [0.2, 0.25) is 10.0 Å². The Morgan fingerprint density at radius 2 is 2.17 bits per heavy atom. The highest BCUT2D eigenvalue weighted by molar-refractivity contribution is 7.89. The number of hydrogen-bond acceptors (Lipinski definition) is 7. The largest absolute Gasteiger partial charge is 0.497 e. The highest BCUT2D eigenvalue weighted by Gasteiger charge is 2.35. The molecule has 3 heterocycles. The van der Waals surface area contributed by atoms with Crippen molar-refractivity contribution in [2.45, 2.75) is 11.0 Å². The minimum Gasteiger partial charge on any atom is -0.497 e. The first-order valence-electron chi connectivity index (χ1n) is 8.85. The quantitative estimate of drug-likeness (QED) is 0.660. The minimum absolute atomic E-state index is 0.0700. The van der Waals surface area contributed by atoms with Crippen molar-refractivity contribution >= 4 is 37.5 Å². The van der Waals surface area contributed by atoms with E-state index in [9.17, 15) is 13.2 Å². The second-order valence-electron chi connectivity index (χ2n) is 6.47. The van der Waals surface area contributed by atoms with Gasteiger partial charge in [0.1, 0.15) is 15.5 Å². The molecule has 29 heavy (non-hydrogen) atoms. The third-order valence-electron chi connectivity index (χ3n) is 4.76. The first-order chi connectivity index (χ1) is 13.9. The number of hydrogen-bond donors (Lipinski definition) is 1. The van der Waals surface area contributed by atoms with E-state index < -0.39 is 22.0 Å². The van der Waals surface area contributed by atoms with Crippen LogP contribution < -0.4 is 10.5 Å². The summed E-state index contributed by atoms with van der Waals surface area (Å²) in [7, 11) is -2.28. The molecule has 1 aromatic carbocycles. The molecule has 1 atom stereocenters. The van der Waals surface area contributed by atoms with Crippen LogP contribution in [0.4, 0.5) is 0 Å². The lowest BCUT2D eigenvalue weighted by Gasteiger charge is -2.32. The fraction of sp³-hybridized carbons (Fsp3) is 0.263. The van der Waals surface area contributed by atoms with Crippen molar-refractivity contribution in [1.82, 2.24) is 9.29 Å². The van der Waals surface area contributed by atoms with Crippen molar-refractivity contribution < 1.29 is 22.7 Å². The van der Waals surface area contributed by atoms with E-state index in [1.54, 1.807) is 24.4 Å². The zero-order chi connectivity index (χ0) is 20.6. The smallest absolute Gasteiger partial charge is 0.259 e. The van der Waals surface area contributed by atoms with Crippen LogP contribution in [0.3, 0.4) is 0 Å². The van der Waals surface area contributed by atoms with E-state index in [1.807, 2.05) is 6.07 Å². The third kappa shape index (κ3) is 3.60. The van der Waals surface area contributed by atoms with E-state index in [1.165, 1.54) is 34.9 Å². The first kappa shape index (κ1) is 19.8. The van der Waals surface area contributed by atoms with Crippen LogP contribution in [0.5, 0.6) is 5.75 Å². The maximum atomic E-state index is 13.2. The maximum absolute atomic E-state index is 13.2. The molecule has 0 saturated carbocycles. The van der Waals surface area contributed by atoms with Gasteiger partial charge in [0.25, 0.3) is 5.91 Å². The second kappa shape index (κ2) is 7.71. The summed E-state index contributed by atoms with van der Waals surface area (Å²) >= 11 is 1.19. The Bertz CT molecular complexity index is 1180. The zero-order valence-corrected chi connectivity index (χ0v) is 17.2. The lowest BCUT2D eigenvalue weighted by atomic mass is 10.0. The fourth-order valence-electron chi connectivity index (χ4n) is 3.38. The van der Waals surface area contributed by atoms with Gasteiger partial charge < -0.3 is 15.2 Å². The maximum Gasteiger partial charge on any atom is 0.259 e. The molecule has 4 rings (SSSR count). The Labute approximate surface area is 171 Å². The Balaban J connectivity index is 1.71. The van der Waals surface area contributed by atoms with Gasteiger partial charge >= 0.3 is 0 Å². The summed E-state index contributed by atoms with van der Waals surface area (Å²) in [5, 5.41) is 0.747. The number of rotatable bonds is 5. The van der Waals surface area contributed by atoms with E-state index in [2.05, 4.69) is 4.98 Å². The van der Waals surface area contributed by atoms with Gasteiger partial charge in [-0.2, -0.15) is 4.31 Å². The normalized spacial score (nSPS) is 18.0. The van der Waals surface area contributed by atoms with E-state index in [0.717, 1.165) is 5.39 Å². The van der Waals surface area contributed by atoms with Crippen LogP contribution >= 0.6 is 11.3 Å². The molecule has 0 radical (unpaired) electrons. The van der Waals surface area contributed by atoms with Crippen LogP contribution in [0.25, 0.3) is 10.2 Å². The summed E-state index contributed by atoms with van der Waals surface area (Å²) in [6.45, 7) is 0.479. The van der Waals surface area contributed by atoms with E-state index in [0.29, 0.717) is 21.0 Å². The van der Waals surface area contributed by atoms with Crippen molar-refractivity contribution in [1.29, 1.82) is 0 Å². The fourth-order valence-corrected chi connectivity index (χ4v) is 5.89.